The highest BCUT2D eigenvalue weighted by atomic mass is 16.6. The number of fused-ring (bicyclic) bond motifs is 4. The van der Waals surface area contributed by atoms with Crippen molar-refractivity contribution in [1.82, 2.24) is 14.8 Å². The molecule has 8 rings (SSSR count). The van der Waals surface area contributed by atoms with E-state index >= 15 is 0 Å². The van der Waals surface area contributed by atoms with Crippen molar-refractivity contribution in [3.63, 3.8) is 0 Å². The van der Waals surface area contributed by atoms with Gasteiger partial charge in [-0.05, 0) is 97.3 Å². The molecule has 2 atom stereocenters. The monoisotopic (exact) mass is 769 g/mol. The van der Waals surface area contributed by atoms with Gasteiger partial charge in [-0.3, -0.25) is 19.1 Å². The molecule has 3 aliphatic rings. The van der Waals surface area contributed by atoms with Crippen molar-refractivity contribution >= 4 is 46.3 Å². The average Bonchev–Trinajstić information content (AvgIpc) is 3.97. The van der Waals surface area contributed by atoms with E-state index in [1.165, 1.54) is 15.7 Å². The van der Waals surface area contributed by atoms with Crippen LogP contribution in [0.2, 0.25) is 0 Å². The van der Waals surface area contributed by atoms with Crippen LogP contribution in [-0.4, -0.2) is 84.0 Å². The molecule has 57 heavy (non-hydrogen) atoms. The zero-order valence-electron chi connectivity index (χ0n) is 32.5. The van der Waals surface area contributed by atoms with E-state index in [0.717, 1.165) is 53.9 Å². The first-order valence-electron chi connectivity index (χ1n) is 19.5. The highest BCUT2D eigenvalue weighted by Crippen LogP contribution is 2.38. The first-order chi connectivity index (χ1) is 27.5. The van der Waals surface area contributed by atoms with E-state index in [1.807, 2.05) is 48.5 Å². The Morgan fingerprint density at radius 1 is 0.912 bits per heavy atom. The number of rotatable bonds is 9. The molecular formula is C45H47N5O7. The summed E-state index contributed by atoms with van der Waals surface area (Å²) in [5, 5.41) is 6.44. The predicted octanol–water partition coefficient (Wildman–Crippen LogP) is 6.91. The van der Waals surface area contributed by atoms with Crippen molar-refractivity contribution in [1.29, 1.82) is 0 Å². The summed E-state index contributed by atoms with van der Waals surface area (Å²) >= 11 is 0. The van der Waals surface area contributed by atoms with Gasteiger partial charge in [-0.25, -0.2) is 9.59 Å². The number of nitrogens with one attached hydrogen (secondary N) is 2. The van der Waals surface area contributed by atoms with Crippen LogP contribution >= 0.6 is 0 Å². The van der Waals surface area contributed by atoms with Crippen molar-refractivity contribution in [2.24, 2.45) is 0 Å². The molecule has 5 aromatic rings. The van der Waals surface area contributed by atoms with E-state index in [4.69, 9.17) is 14.2 Å². The molecule has 2 fully saturated rings. The van der Waals surface area contributed by atoms with Crippen LogP contribution in [-0.2, 0) is 43.2 Å². The van der Waals surface area contributed by atoms with Crippen molar-refractivity contribution < 1.29 is 33.4 Å². The molecule has 1 unspecified atom stereocenters. The van der Waals surface area contributed by atoms with Crippen LogP contribution in [0.1, 0.15) is 49.4 Å². The number of ether oxygens (including phenoxy) is 3. The number of carbonyl (C=O) groups is 4. The fourth-order valence-corrected chi connectivity index (χ4v) is 8.00. The van der Waals surface area contributed by atoms with Crippen LogP contribution in [0.4, 0.5) is 21.0 Å². The van der Waals surface area contributed by atoms with Gasteiger partial charge in [0, 0.05) is 49.4 Å². The summed E-state index contributed by atoms with van der Waals surface area (Å²) < 4.78 is 18.3. The van der Waals surface area contributed by atoms with Crippen LogP contribution in [0, 0.1) is 0 Å². The molecule has 3 heterocycles. The fraction of sp³-hybridized carbons (Fsp3) is 0.333. The largest absolute Gasteiger partial charge is 0.445 e. The third kappa shape index (κ3) is 8.28. The Hall–Kier alpha value is -5.98. The molecule has 12 heteroatoms. The van der Waals surface area contributed by atoms with Crippen molar-refractivity contribution in [2.45, 2.75) is 64.3 Å². The molecule has 1 aromatic heterocycles. The van der Waals surface area contributed by atoms with Crippen LogP contribution in [0.15, 0.2) is 97.2 Å². The molecule has 4 aromatic carbocycles. The second-order valence-electron chi connectivity index (χ2n) is 15.8. The molecule has 0 spiro atoms. The topological polar surface area (TPSA) is 131 Å². The van der Waals surface area contributed by atoms with Crippen molar-refractivity contribution in [3.8, 4) is 11.1 Å². The number of amides is 3. The molecule has 1 aliphatic carbocycles. The first kappa shape index (κ1) is 37.9. The van der Waals surface area contributed by atoms with Crippen LogP contribution in [0.25, 0.3) is 22.0 Å². The maximum atomic E-state index is 14.1. The van der Waals surface area contributed by atoms with Crippen LogP contribution < -0.4 is 15.5 Å². The van der Waals surface area contributed by atoms with Crippen LogP contribution in [0.3, 0.4) is 0 Å². The number of benzene rings is 4. The number of carbonyl (C=O) groups excluding carboxylic acids is 4. The maximum Gasteiger partial charge on any atom is 0.418 e. The fourth-order valence-electron chi connectivity index (χ4n) is 8.00. The van der Waals surface area contributed by atoms with Crippen LogP contribution in [0.5, 0.6) is 0 Å². The van der Waals surface area contributed by atoms with Crippen molar-refractivity contribution in [2.75, 3.05) is 43.1 Å². The number of aromatic nitrogens is 1. The minimum Gasteiger partial charge on any atom is -0.445 e. The third-order valence-corrected chi connectivity index (χ3v) is 10.9. The highest BCUT2D eigenvalue weighted by Gasteiger charge is 2.32. The van der Waals surface area contributed by atoms with E-state index in [0.29, 0.717) is 36.3 Å². The highest BCUT2D eigenvalue weighted by molar-refractivity contribution is 6.05. The predicted molar refractivity (Wildman–Crippen MR) is 217 cm³/mol. The van der Waals surface area contributed by atoms with Gasteiger partial charge >= 0.3 is 12.2 Å². The van der Waals surface area contributed by atoms with E-state index in [1.54, 1.807) is 56.1 Å². The van der Waals surface area contributed by atoms with Gasteiger partial charge < -0.3 is 29.7 Å². The summed E-state index contributed by atoms with van der Waals surface area (Å²) in [6, 6.07) is 28.0. The second-order valence-corrected chi connectivity index (χ2v) is 15.8. The van der Waals surface area contributed by atoms with Gasteiger partial charge in [0.05, 0.1) is 24.4 Å². The molecular weight excluding hydrogens is 723 g/mol. The lowest BCUT2D eigenvalue weighted by atomic mass is 10.0. The number of hydrogen-bond acceptors (Lipinski definition) is 8. The molecule has 0 saturated carbocycles. The lowest BCUT2D eigenvalue weighted by molar-refractivity contribution is -0.122. The molecule has 294 valence electrons. The normalized spacial score (nSPS) is 17.2. The molecule has 2 saturated heterocycles. The van der Waals surface area contributed by atoms with Crippen molar-refractivity contribution in [3.05, 3.63) is 119 Å². The summed E-state index contributed by atoms with van der Waals surface area (Å²) in [5.41, 5.74) is 7.48. The summed E-state index contributed by atoms with van der Waals surface area (Å²) in [6.07, 6.45) is 2.18. The molecule has 2 aliphatic heterocycles. The van der Waals surface area contributed by atoms with Gasteiger partial charge in [0.25, 0.3) is 0 Å². The Balaban J connectivity index is 0.987. The summed E-state index contributed by atoms with van der Waals surface area (Å²) in [7, 11) is 0. The Morgan fingerprint density at radius 2 is 1.70 bits per heavy atom. The average molecular weight is 770 g/mol. The van der Waals surface area contributed by atoms with Gasteiger partial charge in [-0.15, -0.1) is 0 Å². The van der Waals surface area contributed by atoms with E-state index in [2.05, 4.69) is 33.7 Å². The minimum absolute atomic E-state index is 0.0326. The zero-order chi connectivity index (χ0) is 39.7. The Morgan fingerprint density at radius 3 is 2.47 bits per heavy atom. The second kappa shape index (κ2) is 15.9. The molecule has 0 radical (unpaired) electrons. The molecule has 12 nitrogen and oxygen atoms in total. The number of anilines is 2. The quantitative estimate of drug-likeness (QED) is 0.162. The molecule has 3 amide bonds. The number of hydrogen-bond donors (Lipinski definition) is 2. The number of alkyl carbamates (subject to hydrolysis) is 1. The lowest BCUT2D eigenvalue weighted by Crippen LogP contribution is -2.54. The smallest absolute Gasteiger partial charge is 0.418 e. The van der Waals surface area contributed by atoms with Gasteiger partial charge in [-0.1, -0.05) is 60.7 Å². The Kier molecular flexibility index (Phi) is 10.6. The summed E-state index contributed by atoms with van der Waals surface area (Å²) in [5.74, 6) is -0.433. The van der Waals surface area contributed by atoms with Gasteiger partial charge in [0.1, 0.15) is 18.2 Å². The van der Waals surface area contributed by atoms with E-state index < -0.39 is 29.7 Å². The first-order valence-corrected chi connectivity index (χ1v) is 19.5. The van der Waals surface area contributed by atoms with Gasteiger partial charge in [-0.2, -0.15) is 0 Å². The number of piperazine rings is 1. The minimum atomic E-state index is -1.03. The van der Waals surface area contributed by atoms with Gasteiger partial charge in [0.2, 0.25) is 11.8 Å². The van der Waals surface area contributed by atoms with Gasteiger partial charge in [0.15, 0.2) is 0 Å². The number of nitrogens with zero attached hydrogens (tertiary/aromatic N) is 3. The summed E-state index contributed by atoms with van der Waals surface area (Å²) in [4.78, 5) is 57.8. The van der Waals surface area contributed by atoms with E-state index in [9.17, 15) is 19.2 Å². The SMILES string of the molecule is CC(C)(C)OC(=O)n1ccc2c(NC(=O)[C@H](Cc3ccc(N4CCN(C5CCOC5)CC4=O)cc3)NC(=O)OCc3cccc4c3Cc3ccccc3-4)cccc21. The lowest BCUT2D eigenvalue weighted by Gasteiger charge is -2.37. The zero-order valence-corrected chi connectivity index (χ0v) is 32.5. The molecule has 0 bridgehead atoms. The maximum absolute atomic E-state index is 14.1. The third-order valence-electron chi connectivity index (χ3n) is 10.9. The molecule has 2 N–H and O–H groups in total. The standard InChI is InChI=1S/C45H47N5O7/c1-45(2,3)57-44(54)50-20-18-36-38(12-7-13-40(36)50)46-42(52)39(47-43(53)56-27-31-9-6-11-35-34-10-5-4-8-30(34)25-37(31)35)24-29-14-16-32(17-15-29)49-22-21-48(26-41(49)51)33-19-23-55-28-33/h4-18,20,33,39H,19,21-28H2,1-3H3,(H,46,52)(H,47,53)/t33?,39-/m0/s1. The van der Waals surface area contributed by atoms with E-state index in [-0.39, 0.29) is 25.0 Å². The summed E-state index contributed by atoms with van der Waals surface area (Å²) in [6.45, 7) is 8.51. The Bertz CT molecular complexity index is 2320. The Labute approximate surface area is 331 Å².